The number of anilines is 1. The average molecular weight is 378 g/mol. The topological polar surface area (TPSA) is 54.6 Å². The van der Waals surface area contributed by atoms with Gasteiger partial charge >= 0.3 is 0 Å². The standard InChI is InChI=1S/C22H26N4O2/c1-16-6-4-5-7-20(16)26-14-12-25(13-15-26)17(2)21-23-24-22(28-21)18-8-10-19(27-3)11-9-18/h4-11,17H,12-15H2,1-3H3/t17-/m1/s1. The predicted octanol–water partition coefficient (Wildman–Crippen LogP) is 3.94. The number of benzene rings is 2. The molecule has 0 amide bonds. The summed E-state index contributed by atoms with van der Waals surface area (Å²) in [5.41, 5.74) is 3.55. The van der Waals surface area contributed by atoms with Crippen LogP contribution in [0.15, 0.2) is 52.9 Å². The zero-order chi connectivity index (χ0) is 19.5. The lowest BCUT2D eigenvalue weighted by Crippen LogP contribution is -2.47. The first-order valence-electron chi connectivity index (χ1n) is 9.68. The van der Waals surface area contributed by atoms with Crippen molar-refractivity contribution >= 4 is 5.69 Å². The number of piperazine rings is 1. The van der Waals surface area contributed by atoms with E-state index in [1.165, 1.54) is 11.3 Å². The smallest absolute Gasteiger partial charge is 0.247 e. The van der Waals surface area contributed by atoms with E-state index in [0.29, 0.717) is 11.8 Å². The molecule has 1 saturated heterocycles. The second kappa shape index (κ2) is 8.02. The van der Waals surface area contributed by atoms with E-state index in [0.717, 1.165) is 37.5 Å². The molecule has 2 heterocycles. The Balaban J connectivity index is 1.41. The molecule has 0 saturated carbocycles. The Morgan fingerprint density at radius 2 is 1.68 bits per heavy atom. The van der Waals surface area contributed by atoms with E-state index in [9.17, 15) is 0 Å². The van der Waals surface area contributed by atoms with Crippen molar-refractivity contribution in [1.82, 2.24) is 15.1 Å². The quantitative estimate of drug-likeness (QED) is 0.670. The second-order valence-corrected chi connectivity index (χ2v) is 7.16. The van der Waals surface area contributed by atoms with Gasteiger partial charge in [0.05, 0.1) is 13.2 Å². The number of aryl methyl sites for hydroxylation is 1. The Morgan fingerprint density at radius 1 is 0.964 bits per heavy atom. The van der Waals surface area contributed by atoms with Crippen molar-refractivity contribution in [2.45, 2.75) is 19.9 Å². The van der Waals surface area contributed by atoms with Crippen molar-refractivity contribution in [1.29, 1.82) is 0 Å². The second-order valence-electron chi connectivity index (χ2n) is 7.16. The van der Waals surface area contributed by atoms with Crippen molar-refractivity contribution in [2.24, 2.45) is 0 Å². The fourth-order valence-electron chi connectivity index (χ4n) is 3.68. The maximum Gasteiger partial charge on any atom is 0.247 e. The van der Waals surface area contributed by atoms with Crippen LogP contribution in [0.4, 0.5) is 5.69 Å². The van der Waals surface area contributed by atoms with Crippen molar-refractivity contribution in [3.63, 3.8) is 0 Å². The van der Waals surface area contributed by atoms with Crippen molar-refractivity contribution in [3.8, 4) is 17.2 Å². The normalized spacial score (nSPS) is 16.2. The minimum absolute atomic E-state index is 0.0959. The third-order valence-electron chi connectivity index (χ3n) is 5.45. The van der Waals surface area contributed by atoms with E-state index in [2.05, 4.69) is 58.1 Å². The van der Waals surface area contributed by atoms with Gasteiger partial charge in [-0.25, -0.2) is 0 Å². The van der Waals surface area contributed by atoms with Gasteiger partial charge in [0.25, 0.3) is 0 Å². The third kappa shape index (κ3) is 3.73. The first-order valence-corrected chi connectivity index (χ1v) is 9.68. The largest absolute Gasteiger partial charge is 0.497 e. The van der Waals surface area contributed by atoms with Crippen LogP contribution in [0, 0.1) is 6.92 Å². The Bertz CT molecular complexity index is 914. The summed E-state index contributed by atoms with van der Waals surface area (Å²) >= 11 is 0. The highest BCUT2D eigenvalue weighted by Gasteiger charge is 2.26. The van der Waals surface area contributed by atoms with E-state index in [4.69, 9.17) is 9.15 Å². The molecule has 1 aliphatic rings. The highest BCUT2D eigenvalue weighted by atomic mass is 16.5. The molecule has 1 fully saturated rings. The van der Waals surface area contributed by atoms with Crippen LogP contribution in [-0.2, 0) is 0 Å². The first-order chi connectivity index (χ1) is 13.7. The lowest BCUT2D eigenvalue weighted by molar-refractivity contribution is 0.173. The molecule has 0 N–H and O–H groups in total. The summed E-state index contributed by atoms with van der Waals surface area (Å²) in [6.45, 7) is 8.23. The van der Waals surface area contributed by atoms with Crippen LogP contribution < -0.4 is 9.64 Å². The summed E-state index contributed by atoms with van der Waals surface area (Å²) in [6.07, 6.45) is 0. The van der Waals surface area contributed by atoms with Gasteiger partial charge in [0.2, 0.25) is 11.8 Å². The monoisotopic (exact) mass is 378 g/mol. The Labute approximate surface area is 165 Å². The van der Waals surface area contributed by atoms with Gasteiger partial charge in [0.15, 0.2) is 0 Å². The van der Waals surface area contributed by atoms with Crippen molar-refractivity contribution in [2.75, 3.05) is 38.2 Å². The molecule has 6 heteroatoms. The van der Waals surface area contributed by atoms with E-state index in [1.54, 1.807) is 7.11 Å². The van der Waals surface area contributed by atoms with Crippen LogP contribution in [-0.4, -0.2) is 48.4 Å². The van der Waals surface area contributed by atoms with Crippen LogP contribution in [0.3, 0.4) is 0 Å². The number of rotatable bonds is 5. The lowest BCUT2D eigenvalue weighted by atomic mass is 10.1. The van der Waals surface area contributed by atoms with E-state index in [1.807, 2.05) is 24.3 Å². The molecule has 0 radical (unpaired) electrons. The number of hydrogen-bond donors (Lipinski definition) is 0. The number of hydrogen-bond acceptors (Lipinski definition) is 6. The number of ether oxygens (including phenoxy) is 1. The lowest BCUT2D eigenvalue weighted by Gasteiger charge is -2.38. The van der Waals surface area contributed by atoms with Crippen molar-refractivity contribution in [3.05, 3.63) is 60.0 Å². The molecule has 3 aromatic rings. The summed E-state index contributed by atoms with van der Waals surface area (Å²) in [5.74, 6) is 2.02. The molecule has 146 valence electrons. The number of para-hydroxylation sites is 1. The van der Waals surface area contributed by atoms with Gasteiger partial charge in [-0.2, -0.15) is 0 Å². The Hall–Kier alpha value is -2.86. The molecular formula is C22H26N4O2. The molecular weight excluding hydrogens is 352 g/mol. The summed E-state index contributed by atoms with van der Waals surface area (Å²) in [7, 11) is 1.65. The molecule has 1 aromatic heterocycles. The molecule has 4 rings (SSSR count). The van der Waals surface area contributed by atoms with Crippen LogP contribution in [0.2, 0.25) is 0 Å². The molecule has 0 spiro atoms. The minimum Gasteiger partial charge on any atom is -0.497 e. The van der Waals surface area contributed by atoms with E-state index >= 15 is 0 Å². The van der Waals surface area contributed by atoms with Gasteiger partial charge in [-0.05, 0) is 49.7 Å². The van der Waals surface area contributed by atoms with Gasteiger partial charge in [0.1, 0.15) is 5.75 Å². The van der Waals surface area contributed by atoms with E-state index in [-0.39, 0.29) is 6.04 Å². The fraction of sp³-hybridized carbons (Fsp3) is 0.364. The zero-order valence-electron chi connectivity index (χ0n) is 16.6. The molecule has 0 unspecified atom stereocenters. The van der Waals surface area contributed by atoms with Crippen LogP contribution in [0.1, 0.15) is 24.4 Å². The van der Waals surface area contributed by atoms with Crippen molar-refractivity contribution < 1.29 is 9.15 Å². The summed E-state index contributed by atoms with van der Waals surface area (Å²) in [6, 6.07) is 16.3. The number of nitrogens with zero attached hydrogens (tertiary/aromatic N) is 4. The van der Waals surface area contributed by atoms with Crippen LogP contribution in [0.5, 0.6) is 5.75 Å². The molecule has 0 bridgehead atoms. The molecule has 0 aliphatic carbocycles. The number of aromatic nitrogens is 2. The van der Waals surface area contributed by atoms with Gasteiger partial charge in [0, 0.05) is 37.4 Å². The highest BCUT2D eigenvalue weighted by Crippen LogP contribution is 2.27. The number of methoxy groups -OCH3 is 1. The summed E-state index contributed by atoms with van der Waals surface area (Å²) < 4.78 is 11.2. The maximum absolute atomic E-state index is 5.97. The highest BCUT2D eigenvalue weighted by molar-refractivity contribution is 5.54. The molecule has 1 atom stereocenters. The van der Waals surface area contributed by atoms with Gasteiger partial charge < -0.3 is 14.1 Å². The Morgan fingerprint density at radius 3 is 2.36 bits per heavy atom. The predicted molar refractivity (Wildman–Crippen MR) is 110 cm³/mol. The molecule has 28 heavy (non-hydrogen) atoms. The van der Waals surface area contributed by atoms with Gasteiger partial charge in [-0.15, -0.1) is 10.2 Å². The maximum atomic E-state index is 5.97. The minimum atomic E-state index is 0.0959. The Kier molecular flexibility index (Phi) is 5.30. The molecule has 1 aliphatic heterocycles. The van der Waals surface area contributed by atoms with Crippen LogP contribution in [0.25, 0.3) is 11.5 Å². The summed E-state index contributed by atoms with van der Waals surface area (Å²) in [5, 5.41) is 8.54. The molecule has 2 aromatic carbocycles. The van der Waals surface area contributed by atoms with Crippen LogP contribution >= 0.6 is 0 Å². The molecule has 6 nitrogen and oxygen atoms in total. The van der Waals surface area contributed by atoms with Gasteiger partial charge in [-0.3, -0.25) is 4.90 Å². The summed E-state index contributed by atoms with van der Waals surface area (Å²) in [4.78, 5) is 4.86. The first kappa shape index (κ1) is 18.5. The van der Waals surface area contributed by atoms with Gasteiger partial charge in [-0.1, -0.05) is 18.2 Å². The average Bonchev–Trinajstić information content (AvgIpc) is 3.24. The van der Waals surface area contributed by atoms with E-state index < -0.39 is 0 Å². The fourth-order valence-corrected chi connectivity index (χ4v) is 3.68. The third-order valence-corrected chi connectivity index (χ3v) is 5.45. The zero-order valence-corrected chi connectivity index (χ0v) is 16.6. The SMILES string of the molecule is COc1ccc(-c2nnc([C@@H](C)N3CCN(c4ccccc4C)CC3)o2)cc1.